The van der Waals surface area contributed by atoms with Crippen LogP contribution in [0.15, 0.2) is 30.3 Å². The molecule has 0 saturated carbocycles. The summed E-state index contributed by atoms with van der Waals surface area (Å²) in [6.45, 7) is 8.92. The summed E-state index contributed by atoms with van der Waals surface area (Å²) in [5.74, 6) is 0. The number of hydrogen-bond acceptors (Lipinski definition) is 1. The lowest BCUT2D eigenvalue weighted by atomic mass is 9.73. The van der Waals surface area contributed by atoms with E-state index in [1.165, 1.54) is 5.56 Å². The first kappa shape index (κ1) is 13.2. The van der Waals surface area contributed by atoms with Crippen molar-refractivity contribution >= 4 is 0 Å². The SMILES string of the molecule is CCCC(C)(N)CC(C)(C)c1ccccc1. The minimum Gasteiger partial charge on any atom is -0.325 e. The molecule has 0 aliphatic rings. The van der Waals surface area contributed by atoms with Crippen molar-refractivity contribution in [1.29, 1.82) is 0 Å². The van der Waals surface area contributed by atoms with E-state index in [-0.39, 0.29) is 11.0 Å². The minimum absolute atomic E-state index is 0.0614. The van der Waals surface area contributed by atoms with Gasteiger partial charge in [-0.2, -0.15) is 0 Å². The average molecular weight is 219 g/mol. The molecule has 1 aromatic carbocycles. The van der Waals surface area contributed by atoms with Crippen molar-refractivity contribution in [1.82, 2.24) is 0 Å². The molecule has 0 aliphatic carbocycles. The maximum Gasteiger partial charge on any atom is 0.0134 e. The molecule has 1 rings (SSSR count). The molecular weight excluding hydrogens is 194 g/mol. The van der Waals surface area contributed by atoms with Crippen LogP contribution < -0.4 is 5.73 Å². The molecule has 16 heavy (non-hydrogen) atoms. The summed E-state index contributed by atoms with van der Waals surface area (Å²) in [5, 5.41) is 0. The van der Waals surface area contributed by atoms with Crippen molar-refractivity contribution in [2.24, 2.45) is 5.73 Å². The van der Waals surface area contributed by atoms with Crippen LogP contribution in [-0.2, 0) is 5.41 Å². The molecule has 1 unspecified atom stereocenters. The van der Waals surface area contributed by atoms with Crippen LogP contribution in [0, 0.1) is 0 Å². The van der Waals surface area contributed by atoms with E-state index >= 15 is 0 Å². The Morgan fingerprint density at radius 3 is 2.12 bits per heavy atom. The average Bonchev–Trinajstić information content (AvgIpc) is 2.17. The molecule has 0 bridgehead atoms. The predicted octanol–water partition coefficient (Wildman–Crippen LogP) is 3.87. The minimum atomic E-state index is -0.0614. The molecule has 1 nitrogen and oxygen atoms in total. The van der Waals surface area contributed by atoms with Gasteiger partial charge in [0.15, 0.2) is 0 Å². The summed E-state index contributed by atoms with van der Waals surface area (Å²) >= 11 is 0. The third kappa shape index (κ3) is 3.64. The summed E-state index contributed by atoms with van der Waals surface area (Å²) in [5.41, 5.74) is 7.82. The monoisotopic (exact) mass is 219 g/mol. The molecule has 0 saturated heterocycles. The lowest BCUT2D eigenvalue weighted by Gasteiger charge is -2.35. The van der Waals surface area contributed by atoms with E-state index in [9.17, 15) is 0 Å². The molecule has 1 heteroatoms. The standard InChI is InChI=1S/C15H25N/c1-5-11-15(4,16)12-14(2,3)13-9-7-6-8-10-13/h6-10H,5,11-12,16H2,1-4H3. The van der Waals surface area contributed by atoms with E-state index in [4.69, 9.17) is 5.73 Å². The van der Waals surface area contributed by atoms with Gasteiger partial charge in [0.2, 0.25) is 0 Å². The highest BCUT2D eigenvalue weighted by atomic mass is 14.7. The summed E-state index contributed by atoms with van der Waals surface area (Å²) in [4.78, 5) is 0. The van der Waals surface area contributed by atoms with Crippen LogP contribution in [0.2, 0.25) is 0 Å². The first-order valence-electron chi connectivity index (χ1n) is 6.22. The van der Waals surface area contributed by atoms with E-state index in [1.807, 2.05) is 0 Å². The quantitative estimate of drug-likeness (QED) is 0.799. The normalized spacial score (nSPS) is 15.8. The molecule has 0 fully saturated rings. The van der Waals surface area contributed by atoms with Crippen LogP contribution in [0.1, 0.15) is 52.5 Å². The van der Waals surface area contributed by atoms with Crippen LogP contribution in [0.5, 0.6) is 0 Å². The van der Waals surface area contributed by atoms with Gasteiger partial charge in [-0.1, -0.05) is 57.5 Å². The Kier molecular flexibility index (Phi) is 4.15. The van der Waals surface area contributed by atoms with Gasteiger partial charge in [0, 0.05) is 5.54 Å². The van der Waals surface area contributed by atoms with Crippen LogP contribution in [0.3, 0.4) is 0 Å². The molecule has 0 aliphatic heterocycles. The highest BCUT2D eigenvalue weighted by Crippen LogP contribution is 2.32. The summed E-state index contributed by atoms with van der Waals surface area (Å²) in [6.07, 6.45) is 3.26. The van der Waals surface area contributed by atoms with Crippen molar-refractivity contribution < 1.29 is 0 Å². The largest absolute Gasteiger partial charge is 0.325 e. The zero-order chi connectivity index (χ0) is 12.2. The van der Waals surface area contributed by atoms with Crippen molar-refractivity contribution in [3.8, 4) is 0 Å². The maximum atomic E-state index is 6.35. The van der Waals surface area contributed by atoms with Gasteiger partial charge in [0.1, 0.15) is 0 Å². The molecule has 0 spiro atoms. The molecule has 90 valence electrons. The molecule has 0 aromatic heterocycles. The van der Waals surface area contributed by atoms with E-state index in [0.29, 0.717) is 0 Å². The van der Waals surface area contributed by atoms with Crippen molar-refractivity contribution in [2.45, 2.75) is 57.9 Å². The molecule has 1 aromatic rings. The van der Waals surface area contributed by atoms with Gasteiger partial charge in [0.25, 0.3) is 0 Å². The number of rotatable bonds is 5. The Hall–Kier alpha value is -0.820. The van der Waals surface area contributed by atoms with Crippen LogP contribution in [0.25, 0.3) is 0 Å². The Labute approximate surface area is 100 Å². The highest BCUT2D eigenvalue weighted by Gasteiger charge is 2.29. The topological polar surface area (TPSA) is 26.0 Å². The fraction of sp³-hybridized carbons (Fsp3) is 0.600. The van der Waals surface area contributed by atoms with E-state index in [2.05, 4.69) is 58.0 Å². The second kappa shape index (κ2) is 5.01. The molecule has 1 atom stereocenters. The van der Waals surface area contributed by atoms with Gasteiger partial charge in [0.05, 0.1) is 0 Å². The summed E-state index contributed by atoms with van der Waals surface area (Å²) in [6, 6.07) is 10.7. The lowest BCUT2D eigenvalue weighted by Crippen LogP contribution is -2.42. The number of benzene rings is 1. The highest BCUT2D eigenvalue weighted by molar-refractivity contribution is 5.24. The third-order valence-corrected chi connectivity index (χ3v) is 3.22. The van der Waals surface area contributed by atoms with Crippen LogP contribution in [0.4, 0.5) is 0 Å². The second-order valence-electron chi connectivity index (χ2n) is 5.83. The molecule has 0 amide bonds. The first-order chi connectivity index (χ1) is 7.37. The van der Waals surface area contributed by atoms with Crippen molar-refractivity contribution in [2.75, 3.05) is 0 Å². The van der Waals surface area contributed by atoms with E-state index < -0.39 is 0 Å². The smallest absolute Gasteiger partial charge is 0.0134 e. The Morgan fingerprint density at radius 2 is 1.62 bits per heavy atom. The van der Waals surface area contributed by atoms with Gasteiger partial charge >= 0.3 is 0 Å². The predicted molar refractivity (Wildman–Crippen MR) is 71.6 cm³/mol. The molecule has 0 heterocycles. The van der Waals surface area contributed by atoms with E-state index in [0.717, 1.165) is 19.3 Å². The van der Waals surface area contributed by atoms with Crippen molar-refractivity contribution in [3.63, 3.8) is 0 Å². The fourth-order valence-corrected chi connectivity index (χ4v) is 2.66. The third-order valence-electron chi connectivity index (χ3n) is 3.22. The van der Waals surface area contributed by atoms with Crippen molar-refractivity contribution in [3.05, 3.63) is 35.9 Å². The zero-order valence-corrected chi connectivity index (χ0v) is 11.1. The fourth-order valence-electron chi connectivity index (χ4n) is 2.66. The lowest BCUT2D eigenvalue weighted by molar-refractivity contribution is 0.308. The van der Waals surface area contributed by atoms with Crippen LogP contribution >= 0.6 is 0 Å². The zero-order valence-electron chi connectivity index (χ0n) is 11.1. The summed E-state index contributed by atoms with van der Waals surface area (Å²) < 4.78 is 0. The van der Waals surface area contributed by atoms with Gasteiger partial charge < -0.3 is 5.73 Å². The first-order valence-corrected chi connectivity index (χ1v) is 6.22. The Balaban J connectivity index is 2.79. The Bertz CT molecular complexity index is 311. The molecule has 0 radical (unpaired) electrons. The summed E-state index contributed by atoms with van der Waals surface area (Å²) in [7, 11) is 0. The number of nitrogens with two attached hydrogens (primary N) is 1. The van der Waals surface area contributed by atoms with Gasteiger partial charge in [-0.05, 0) is 30.7 Å². The van der Waals surface area contributed by atoms with Gasteiger partial charge in [-0.15, -0.1) is 0 Å². The Morgan fingerprint density at radius 1 is 1.06 bits per heavy atom. The second-order valence-corrected chi connectivity index (χ2v) is 5.83. The van der Waals surface area contributed by atoms with E-state index in [1.54, 1.807) is 0 Å². The number of hydrogen-bond donors (Lipinski definition) is 1. The van der Waals surface area contributed by atoms with Gasteiger partial charge in [-0.3, -0.25) is 0 Å². The maximum absolute atomic E-state index is 6.35. The molecular formula is C15H25N. The van der Waals surface area contributed by atoms with Gasteiger partial charge in [-0.25, -0.2) is 0 Å². The van der Waals surface area contributed by atoms with Crippen LogP contribution in [-0.4, -0.2) is 5.54 Å². The molecule has 2 N–H and O–H groups in total.